The second kappa shape index (κ2) is 7.60. The maximum atomic E-state index is 12.7. The van der Waals surface area contributed by atoms with Crippen molar-refractivity contribution < 1.29 is 4.79 Å². The summed E-state index contributed by atoms with van der Waals surface area (Å²) in [5, 5.41) is 3.09. The number of carbonyl (C=O) groups excluding carboxylic acids is 1. The molecule has 0 aliphatic carbocycles. The van der Waals surface area contributed by atoms with E-state index in [1.807, 2.05) is 73.7 Å². The third-order valence-electron chi connectivity index (χ3n) is 3.80. The van der Waals surface area contributed by atoms with Crippen LogP contribution in [0.1, 0.15) is 31.9 Å². The largest absolute Gasteiger partial charge is 0.349 e. The molecular formula is C20H23NO. The van der Waals surface area contributed by atoms with Gasteiger partial charge in [-0.25, -0.2) is 0 Å². The summed E-state index contributed by atoms with van der Waals surface area (Å²) in [6.07, 6.45) is 1.94. The quantitative estimate of drug-likeness (QED) is 0.643. The maximum Gasteiger partial charge on any atom is 0.252 e. The predicted octanol–water partition coefficient (Wildman–Crippen LogP) is 4.39. The summed E-state index contributed by atoms with van der Waals surface area (Å²) in [5.74, 6) is 0.369. The summed E-state index contributed by atoms with van der Waals surface area (Å²) in [6.45, 7) is 6.25. The molecule has 0 saturated heterocycles. The first-order chi connectivity index (χ1) is 10.6. The highest BCUT2D eigenvalue weighted by Crippen LogP contribution is 2.19. The van der Waals surface area contributed by atoms with Crippen LogP contribution in [0.5, 0.6) is 0 Å². The summed E-state index contributed by atoms with van der Waals surface area (Å²) in [7, 11) is 0. The minimum atomic E-state index is -0.0312. The lowest BCUT2D eigenvalue weighted by molar-refractivity contribution is -0.116. The smallest absolute Gasteiger partial charge is 0.252 e. The van der Waals surface area contributed by atoms with Gasteiger partial charge in [-0.15, -0.1) is 0 Å². The van der Waals surface area contributed by atoms with Crippen LogP contribution < -0.4 is 5.32 Å². The molecule has 114 valence electrons. The van der Waals surface area contributed by atoms with Gasteiger partial charge in [0.05, 0.1) is 0 Å². The van der Waals surface area contributed by atoms with Crippen molar-refractivity contribution in [3.8, 4) is 0 Å². The Kier molecular flexibility index (Phi) is 5.54. The van der Waals surface area contributed by atoms with E-state index in [0.29, 0.717) is 11.5 Å². The predicted molar refractivity (Wildman–Crippen MR) is 93.2 cm³/mol. The highest BCUT2D eigenvalue weighted by Gasteiger charge is 2.16. The van der Waals surface area contributed by atoms with Gasteiger partial charge < -0.3 is 5.32 Å². The Bertz CT molecular complexity index is 629. The van der Waals surface area contributed by atoms with Crippen LogP contribution in [0, 0.1) is 5.92 Å². The summed E-state index contributed by atoms with van der Waals surface area (Å²) in [4.78, 5) is 12.7. The van der Waals surface area contributed by atoms with Crippen LogP contribution in [-0.2, 0) is 4.79 Å². The molecule has 0 heterocycles. The Morgan fingerprint density at radius 2 is 1.45 bits per heavy atom. The average molecular weight is 293 g/mol. The molecule has 1 atom stereocenters. The van der Waals surface area contributed by atoms with Gasteiger partial charge >= 0.3 is 0 Å². The minimum absolute atomic E-state index is 0.0312. The summed E-state index contributed by atoms with van der Waals surface area (Å²) < 4.78 is 0. The van der Waals surface area contributed by atoms with E-state index < -0.39 is 0 Å². The number of hydrogen-bond donors (Lipinski definition) is 1. The van der Waals surface area contributed by atoms with Gasteiger partial charge in [0.15, 0.2) is 0 Å². The van der Waals surface area contributed by atoms with Gasteiger partial charge in [0.2, 0.25) is 0 Å². The van der Waals surface area contributed by atoms with E-state index in [4.69, 9.17) is 0 Å². The van der Waals surface area contributed by atoms with Gasteiger partial charge in [-0.1, -0.05) is 74.5 Å². The van der Waals surface area contributed by atoms with Crippen molar-refractivity contribution in [2.75, 3.05) is 0 Å². The third-order valence-corrected chi connectivity index (χ3v) is 3.80. The van der Waals surface area contributed by atoms with Crippen LogP contribution in [0.4, 0.5) is 0 Å². The van der Waals surface area contributed by atoms with Gasteiger partial charge in [-0.3, -0.25) is 4.79 Å². The van der Waals surface area contributed by atoms with E-state index >= 15 is 0 Å². The number of benzene rings is 2. The highest BCUT2D eigenvalue weighted by molar-refractivity contribution is 6.24. The van der Waals surface area contributed by atoms with Gasteiger partial charge in [0.1, 0.15) is 0 Å². The maximum absolute atomic E-state index is 12.7. The number of carbonyl (C=O) groups is 1. The zero-order valence-corrected chi connectivity index (χ0v) is 13.4. The molecule has 0 aliphatic rings. The number of hydrogen-bond acceptors (Lipinski definition) is 1. The van der Waals surface area contributed by atoms with Crippen molar-refractivity contribution in [1.29, 1.82) is 0 Å². The molecule has 2 nitrogen and oxygen atoms in total. The lowest BCUT2D eigenvalue weighted by Gasteiger charge is -2.19. The van der Waals surface area contributed by atoms with Crippen LogP contribution in [-0.4, -0.2) is 11.9 Å². The van der Waals surface area contributed by atoms with Gasteiger partial charge in [-0.2, -0.15) is 0 Å². The Morgan fingerprint density at radius 3 is 2.00 bits per heavy atom. The van der Waals surface area contributed by atoms with Gasteiger partial charge in [0, 0.05) is 11.6 Å². The normalized spacial score (nSPS) is 13.0. The fraction of sp³-hybridized carbons (Fsp3) is 0.250. The van der Waals surface area contributed by atoms with Crippen molar-refractivity contribution in [2.45, 2.75) is 26.8 Å². The monoisotopic (exact) mass is 293 g/mol. The fourth-order valence-corrected chi connectivity index (χ4v) is 2.06. The van der Waals surface area contributed by atoms with E-state index in [9.17, 15) is 4.79 Å². The van der Waals surface area contributed by atoms with E-state index in [1.54, 1.807) is 0 Å². The second-order valence-electron chi connectivity index (χ2n) is 5.84. The molecular weight excluding hydrogens is 270 g/mol. The van der Waals surface area contributed by atoms with E-state index in [-0.39, 0.29) is 11.9 Å². The highest BCUT2D eigenvalue weighted by atomic mass is 16.1. The van der Waals surface area contributed by atoms with E-state index in [2.05, 4.69) is 19.2 Å². The molecule has 2 aromatic rings. The molecule has 1 amide bonds. The molecule has 0 saturated carbocycles. The first kappa shape index (κ1) is 16.0. The minimum Gasteiger partial charge on any atom is -0.349 e. The molecule has 0 unspecified atom stereocenters. The molecule has 0 spiro atoms. The Labute approximate surface area is 132 Å². The molecule has 1 N–H and O–H groups in total. The standard InChI is InChI=1S/C20H23NO/c1-15(2)16(3)21-20(22)19(18-12-8-5-9-13-18)14-17-10-6-4-7-11-17/h4-16H,1-3H3,(H,21,22)/b19-14+/t16-/m0/s1. The third kappa shape index (κ3) is 4.32. The van der Waals surface area contributed by atoms with Crippen LogP contribution in [0.15, 0.2) is 60.7 Å². The van der Waals surface area contributed by atoms with Gasteiger partial charge in [-0.05, 0) is 30.0 Å². The first-order valence-corrected chi connectivity index (χ1v) is 7.71. The van der Waals surface area contributed by atoms with E-state index in [0.717, 1.165) is 11.1 Å². The van der Waals surface area contributed by atoms with Crippen LogP contribution in [0.2, 0.25) is 0 Å². The molecule has 2 aromatic carbocycles. The van der Waals surface area contributed by atoms with Crippen LogP contribution in [0.3, 0.4) is 0 Å². The molecule has 2 rings (SSSR count). The Morgan fingerprint density at radius 1 is 0.909 bits per heavy atom. The van der Waals surface area contributed by atoms with Crippen molar-refractivity contribution in [2.24, 2.45) is 5.92 Å². The number of rotatable bonds is 5. The van der Waals surface area contributed by atoms with Crippen LogP contribution >= 0.6 is 0 Å². The average Bonchev–Trinajstić information content (AvgIpc) is 2.54. The fourth-order valence-electron chi connectivity index (χ4n) is 2.06. The number of nitrogens with one attached hydrogen (secondary N) is 1. The summed E-state index contributed by atoms with van der Waals surface area (Å²) in [5.41, 5.74) is 2.65. The number of amides is 1. The molecule has 22 heavy (non-hydrogen) atoms. The summed E-state index contributed by atoms with van der Waals surface area (Å²) >= 11 is 0. The second-order valence-corrected chi connectivity index (χ2v) is 5.84. The van der Waals surface area contributed by atoms with Crippen molar-refractivity contribution in [3.05, 3.63) is 71.8 Å². The van der Waals surface area contributed by atoms with E-state index in [1.165, 1.54) is 0 Å². The molecule has 0 radical (unpaired) electrons. The zero-order chi connectivity index (χ0) is 15.9. The first-order valence-electron chi connectivity index (χ1n) is 7.71. The molecule has 0 aliphatic heterocycles. The molecule has 2 heteroatoms. The zero-order valence-electron chi connectivity index (χ0n) is 13.4. The Balaban J connectivity index is 2.34. The molecule has 0 fully saturated rings. The Hall–Kier alpha value is -2.35. The topological polar surface area (TPSA) is 29.1 Å². The van der Waals surface area contributed by atoms with Crippen LogP contribution in [0.25, 0.3) is 11.6 Å². The summed E-state index contributed by atoms with van der Waals surface area (Å²) in [6, 6.07) is 19.9. The molecule has 0 aromatic heterocycles. The van der Waals surface area contributed by atoms with Crippen molar-refractivity contribution >= 4 is 17.6 Å². The van der Waals surface area contributed by atoms with Crippen molar-refractivity contribution in [1.82, 2.24) is 5.32 Å². The van der Waals surface area contributed by atoms with Gasteiger partial charge in [0.25, 0.3) is 5.91 Å². The lowest BCUT2D eigenvalue weighted by Crippen LogP contribution is -2.36. The lowest BCUT2D eigenvalue weighted by atomic mass is 10.0. The van der Waals surface area contributed by atoms with Crippen molar-refractivity contribution in [3.63, 3.8) is 0 Å². The SMILES string of the molecule is CC(C)[C@H](C)NC(=O)/C(=C/c1ccccc1)c1ccccc1. The molecule has 0 bridgehead atoms.